The van der Waals surface area contributed by atoms with Crippen molar-refractivity contribution >= 4 is 53.8 Å². The van der Waals surface area contributed by atoms with E-state index in [1.807, 2.05) is 58.0 Å². The van der Waals surface area contributed by atoms with Gasteiger partial charge in [0.2, 0.25) is 5.91 Å². The normalized spacial score (nSPS) is 16.1. The number of halogens is 4. The third-order valence-electron chi connectivity index (χ3n) is 11.1. The number of ether oxygens (including phenoxy) is 2. The number of likely N-dealkylation sites (N-methyl/N-ethyl adjacent to an activating group) is 1. The van der Waals surface area contributed by atoms with Crippen LogP contribution in [-0.4, -0.2) is 72.7 Å². The number of alkyl halides is 3. The Bertz CT molecular complexity index is 2250. The van der Waals surface area contributed by atoms with E-state index in [2.05, 4.69) is 23.7 Å². The highest BCUT2D eigenvalue weighted by Gasteiger charge is 2.48. The van der Waals surface area contributed by atoms with Crippen molar-refractivity contribution in [1.29, 1.82) is 0 Å². The van der Waals surface area contributed by atoms with Gasteiger partial charge in [-0.25, -0.2) is 9.59 Å². The number of benzene rings is 3. The Morgan fingerprint density at radius 2 is 1.44 bits per heavy atom. The van der Waals surface area contributed by atoms with E-state index in [1.54, 1.807) is 0 Å². The molecule has 312 valence electrons. The molecule has 3 aliphatic rings. The van der Waals surface area contributed by atoms with E-state index in [-0.39, 0.29) is 21.5 Å². The summed E-state index contributed by atoms with van der Waals surface area (Å²) in [5.74, 6) is -1.90. The fraction of sp³-hybridized carbons (Fsp3) is 0.409. The first-order valence-electron chi connectivity index (χ1n) is 19.9. The molecule has 7 rings (SSSR count). The van der Waals surface area contributed by atoms with Gasteiger partial charge in [0.1, 0.15) is 6.54 Å². The smallest absolute Gasteiger partial charge is 0.416 e. The zero-order valence-corrected chi connectivity index (χ0v) is 36.0. The molecular weight excluding hydrogens is 896 g/mol. The molecule has 15 heteroatoms. The number of aromatic nitrogens is 2. The van der Waals surface area contributed by atoms with Gasteiger partial charge in [0, 0.05) is 53.1 Å². The van der Waals surface area contributed by atoms with Crippen molar-refractivity contribution in [2.45, 2.75) is 94.8 Å². The highest BCUT2D eigenvalue weighted by molar-refractivity contribution is 14.2. The summed E-state index contributed by atoms with van der Waals surface area (Å²) < 4.78 is 53.4. The van der Waals surface area contributed by atoms with Crippen LogP contribution in [0.15, 0.2) is 82.7 Å². The maximum Gasteiger partial charge on any atom is 0.416 e. The van der Waals surface area contributed by atoms with Gasteiger partial charge < -0.3 is 23.8 Å². The lowest BCUT2D eigenvalue weighted by Gasteiger charge is -2.32. The highest BCUT2D eigenvalue weighted by Crippen LogP contribution is 2.38. The molecule has 1 spiro atoms. The minimum atomic E-state index is -4.41. The molecule has 1 amide bonds. The van der Waals surface area contributed by atoms with Crippen LogP contribution in [0.1, 0.15) is 73.9 Å². The monoisotopic (exact) mass is 942 g/mol. The third kappa shape index (κ3) is 10.2. The Morgan fingerprint density at radius 3 is 2.05 bits per heavy atom. The summed E-state index contributed by atoms with van der Waals surface area (Å²) in [5.41, 5.74) is 3.78. The van der Waals surface area contributed by atoms with E-state index in [9.17, 15) is 32.3 Å². The summed E-state index contributed by atoms with van der Waals surface area (Å²) in [4.78, 5) is 61.7. The first kappa shape index (κ1) is 42.8. The van der Waals surface area contributed by atoms with Gasteiger partial charge in [-0.1, -0.05) is 94.9 Å². The molecule has 2 heterocycles. The number of fused-ring (bicyclic) bond motifs is 1. The third-order valence-corrected chi connectivity index (χ3v) is 14.9. The van der Waals surface area contributed by atoms with Gasteiger partial charge in [-0.05, 0) is 91.7 Å². The summed E-state index contributed by atoms with van der Waals surface area (Å²) >= 11 is 0.256. The molecule has 2 fully saturated rings. The van der Waals surface area contributed by atoms with Crippen molar-refractivity contribution < 1.29 is 37.0 Å². The maximum absolute atomic E-state index is 14.4. The first-order valence-corrected chi connectivity index (χ1v) is 23.1. The van der Waals surface area contributed by atoms with Gasteiger partial charge in [0.05, 0.1) is 5.56 Å². The first-order chi connectivity index (χ1) is 28.3. The second-order valence-corrected chi connectivity index (χ2v) is 18.7. The molecule has 1 saturated carbocycles. The van der Waals surface area contributed by atoms with Crippen molar-refractivity contribution in [3.8, 4) is 11.1 Å². The predicted octanol–water partition coefficient (Wildman–Crippen LogP) is 7.76. The number of carbonyl (C=O) groups excluding carboxylic acids is 3. The van der Waals surface area contributed by atoms with Crippen LogP contribution < -0.4 is 5.56 Å². The molecule has 0 N–H and O–H groups in total. The fourth-order valence-electron chi connectivity index (χ4n) is 7.69. The molecule has 2 aliphatic carbocycles. The standard InChI is InChI=1S/C44H46F3IN4O6S/c1-3-50(4-2)24-25-51(26-29-10-14-31(15-11-29)32-16-18-33(19-17-32)44(45,46)47)37(53)27-52-36-9-7-8-35(36)39(54)49-42(52)59-28-30-12-20-34(21-13-30)48-38-40(55)57-43(58-41(38)56)22-5-6-23-43/h10-21H,3-9,22-28H2,1-2H3. The lowest BCUT2D eigenvalue weighted by atomic mass is 10.0. The van der Waals surface area contributed by atoms with Crippen LogP contribution in [0.2, 0.25) is 0 Å². The van der Waals surface area contributed by atoms with E-state index in [0.29, 0.717) is 67.4 Å². The van der Waals surface area contributed by atoms with E-state index in [4.69, 9.17) is 9.47 Å². The lowest BCUT2D eigenvalue weighted by Crippen LogP contribution is -2.48. The molecule has 10 nitrogen and oxygen atoms in total. The number of thioether (sulfide) groups is 1. The van der Waals surface area contributed by atoms with E-state index < -0.39 is 50.2 Å². The van der Waals surface area contributed by atoms with Crippen LogP contribution in [0, 0.1) is 3.57 Å². The van der Waals surface area contributed by atoms with Crippen molar-refractivity contribution in [2.75, 3.05) is 26.2 Å². The van der Waals surface area contributed by atoms with Crippen LogP contribution in [0.5, 0.6) is 0 Å². The number of amides is 1. The summed E-state index contributed by atoms with van der Waals surface area (Å²) in [6, 6.07) is 20.2. The number of hydrogen-bond acceptors (Lipinski definition) is 9. The van der Waals surface area contributed by atoms with Crippen LogP contribution in [0.25, 0.3) is 11.1 Å². The van der Waals surface area contributed by atoms with Gasteiger partial charge in [-0.2, -0.15) is 18.2 Å². The van der Waals surface area contributed by atoms with Crippen LogP contribution in [0.4, 0.5) is 13.2 Å². The molecule has 1 aromatic heterocycles. The molecule has 4 aromatic rings. The van der Waals surface area contributed by atoms with Gasteiger partial charge in [-0.3, -0.25) is 9.59 Å². The lowest BCUT2D eigenvalue weighted by molar-refractivity contribution is -0.224. The van der Waals surface area contributed by atoms with Crippen LogP contribution in [-0.2, 0) is 61.7 Å². The minimum absolute atomic E-state index is 0.00923. The average molecular weight is 943 g/mol. The molecule has 0 atom stereocenters. The molecule has 0 radical (unpaired) electrons. The van der Waals surface area contributed by atoms with Crippen molar-refractivity contribution in [2.24, 2.45) is 0 Å². The number of hydrogen-bond donors (Lipinski definition) is 0. The average Bonchev–Trinajstić information content (AvgIpc) is 3.91. The molecular formula is C44H46F3IN4O6S. The maximum atomic E-state index is 14.4. The van der Waals surface area contributed by atoms with Crippen molar-refractivity contribution in [3.63, 3.8) is 0 Å². The molecule has 0 bridgehead atoms. The minimum Gasteiger partial charge on any atom is -0.418 e. The van der Waals surface area contributed by atoms with Gasteiger partial charge in [-0.15, -0.1) is 0 Å². The molecule has 1 aliphatic heterocycles. The zero-order chi connectivity index (χ0) is 41.7. The van der Waals surface area contributed by atoms with E-state index >= 15 is 0 Å². The second-order valence-electron chi connectivity index (χ2n) is 14.9. The van der Waals surface area contributed by atoms with E-state index in [0.717, 1.165) is 70.4 Å². The van der Waals surface area contributed by atoms with E-state index in [1.165, 1.54) is 23.9 Å². The summed E-state index contributed by atoms with van der Waals surface area (Å²) in [7, 11) is 0. The van der Waals surface area contributed by atoms with Crippen LogP contribution >= 0.6 is 32.5 Å². The number of esters is 2. The van der Waals surface area contributed by atoms with Gasteiger partial charge in [0.15, 0.2) is 8.67 Å². The molecule has 59 heavy (non-hydrogen) atoms. The van der Waals surface area contributed by atoms with Crippen molar-refractivity contribution in [1.82, 2.24) is 19.4 Å². The highest BCUT2D eigenvalue weighted by atomic mass is 127. The Labute approximate surface area is 355 Å². The summed E-state index contributed by atoms with van der Waals surface area (Å²) in [5, 5.41) is 0.467. The molecule has 3 aromatic carbocycles. The fourth-order valence-corrected chi connectivity index (χ4v) is 10.7. The number of carbonyl (C=O) groups is 3. The second kappa shape index (κ2) is 18.5. The van der Waals surface area contributed by atoms with Crippen LogP contribution in [0.3, 0.4) is 0 Å². The van der Waals surface area contributed by atoms with Crippen molar-refractivity contribution in [3.05, 3.63) is 115 Å². The van der Waals surface area contributed by atoms with Gasteiger partial charge >= 0.3 is 18.1 Å². The predicted molar refractivity (Wildman–Crippen MR) is 228 cm³/mol. The summed E-state index contributed by atoms with van der Waals surface area (Å²) in [6.07, 6.45) is 0.448. The quantitative estimate of drug-likeness (QED) is 0.0543. The Morgan fingerprint density at radius 1 is 0.831 bits per heavy atom. The number of nitrogens with zero attached hydrogens (tertiary/aromatic N) is 4. The SMILES string of the molecule is CCN(CC)CCN(Cc1ccc(-c2ccc(C(F)(F)F)cc2)cc1)C(=O)Cn1c(SCc2ccc(I=C3C(=O)OC4(CCCC4)OC3=O)cc2)nc(=O)c2c1CCC2. The summed E-state index contributed by atoms with van der Waals surface area (Å²) in [6.45, 7) is 7.31. The molecule has 1 saturated heterocycles. The molecule has 0 unspecified atom stereocenters. The van der Waals surface area contributed by atoms with Gasteiger partial charge in [0.25, 0.3) is 11.3 Å². The topological polar surface area (TPSA) is 111 Å². The Balaban J connectivity index is 1.07. The Kier molecular flexibility index (Phi) is 13.4. The largest absolute Gasteiger partial charge is 0.418 e. The Hall–Kier alpha value is -4.35. The zero-order valence-electron chi connectivity index (χ0n) is 33.0. The number of rotatable bonds is 14.